The second-order valence-electron chi connectivity index (χ2n) is 4.69. The summed E-state index contributed by atoms with van der Waals surface area (Å²) in [6.45, 7) is 2.03. The maximum absolute atomic E-state index is 9.80. The third kappa shape index (κ3) is 2.28. The number of nitrogens with zero attached hydrogens (tertiary/aromatic N) is 3. The monoisotopic (exact) mass is 255 g/mol. The van der Waals surface area contributed by atoms with Crippen LogP contribution in [0.3, 0.4) is 0 Å². The molecule has 2 aliphatic rings. The van der Waals surface area contributed by atoms with Gasteiger partial charge >= 0.3 is 0 Å². The molecule has 0 amide bonds. The summed E-state index contributed by atoms with van der Waals surface area (Å²) >= 11 is 1.74. The number of aliphatic hydroxyl groups is 1. The molecule has 2 aliphatic heterocycles. The number of rotatable bonds is 2. The molecule has 1 aromatic heterocycles. The second kappa shape index (κ2) is 4.86. The van der Waals surface area contributed by atoms with Crippen molar-refractivity contribution in [2.45, 2.75) is 31.3 Å². The van der Waals surface area contributed by atoms with Gasteiger partial charge in [-0.05, 0) is 24.4 Å². The van der Waals surface area contributed by atoms with Crippen LogP contribution in [-0.2, 0) is 0 Å². The van der Waals surface area contributed by atoms with Crippen molar-refractivity contribution in [2.75, 3.05) is 29.5 Å². The Hall–Kier alpha value is -0.750. The zero-order valence-electron chi connectivity index (χ0n) is 9.71. The number of hydrogen-bond acceptors (Lipinski definition) is 6. The van der Waals surface area contributed by atoms with Gasteiger partial charge in [0.25, 0.3) is 5.95 Å². The molecule has 0 aliphatic carbocycles. The molecule has 2 atom stereocenters. The van der Waals surface area contributed by atoms with Crippen molar-refractivity contribution in [1.29, 1.82) is 0 Å². The molecule has 3 heterocycles. The van der Waals surface area contributed by atoms with Gasteiger partial charge in [0.05, 0.1) is 12.0 Å². The van der Waals surface area contributed by atoms with Gasteiger partial charge in [0.15, 0.2) is 0 Å². The van der Waals surface area contributed by atoms with Crippen LogP contribution in [0.2, 0.25) is 0 Å². The lowest BCUT2D eigenvalue weighted by atomic mass is 10.1. The number of thioether (sulfide) groups is 1. The van der Waals surface area contributed by atoms with Crippen LogP contribution in [0.25, 0.3) is 0 Å². The SMILES string of the molecule is OC1CSCC1c1nc(N2CCCCC2)no1. The molecule has 5 nitrogen and oxygen atoms in total. The van der Waals surface area contributed by atoms with Gasteiger partial charge in [-0.1, -0.05) is 0 Å². The fourth-order valence-electron chi connectivity index (χ4n) is 2.38. The van der Waals surface area contributed by atoms with Crippen molar-refractivity contribution in [1.82, 2.24) is 10.1 Å². The zero-order chi connectivity index (χ0) is 11.7. The van der Waals surface area contributed by atoms with E-state index in [0.717, 1.165) is 24.6 Å². The highest BCUT2D eigenvalue weighted by molar-refractivity contribution is 7.99. The third-order valence-electron chi connectivity index (χ3n) is 3.44. The van der Waals surface area contributed by atoms with Crippen molar-refractivity contribution >= 4 is 17.7 Å². The maximum Gasteiger partial charge on any atom is 0.266 e. The van der Waals surface area contributed by atoms with E-state index in [2.05, 4.69) is 15.0 Å². The minimum Gasteiger partial charge on any atom is -0.391 e. The van der Waals surface area contributed by atoms with Gasteiger partial charge in [-0.2, -0.15) is 16.7 Å². The summed E-state index contributed by atoms with van der Waals surface area (Å²) < 4.78 is 5.30. The van der Waals surface area contributed by atoms with Gasteiger partial charge in [0.2, 0.25) is 5.89 Å². The number of anilines is 1. The standard InChI is InChI=1S/C11H17N3O2S/c15-9-7-17-6-8(9)10-12-11(13-16-10)14-4-2-1-3-5-14/h8-9,15H,1-7H2. The minimum absolute atomic E-state index is 0.0195. The Kier molecular flexibility index (Phi) is 3.24. The fraction of sp³-hybridized carbons (Fsp3) is 0.818. The first-order valence-corrected chi connectivity index (χ1v) is 7.34. The van der Waals surface area contributed by atoms with E-state index < -0.39 is 0 Å². The van der Waals surface area contributed by atoms with E-state index in [4.69, 9.17) is 4.52 Å². The summed E-state index contributed by atoms with van der Waals surface area (Å²) in [6.07, 6.45) is 3.35. The Morgan fingerprint density at radius 3 is 2.76 bits per heavy atom. The zero-order valence-corrected chi connectivity index (χ0v) is 10.5. The lowest BCUT2D eigenvalue weighted by Crippen LogP contribution is -2.30. The van der Waals surface area contributed by atoms with Gasteiger partial charge in [-0.15, -0.1) is 0 Å². The lowest BCUT2D eigenvalue weighted by Gasteiger charge is -2.24. The Morgan fingerprint density at radius 2 is 2.06 bits per heavy atom. The minimum atomic E-state index is -0.338. The summed E-state index contributed by atoms with van der Waals surface area (Å²) in [5.41, 5.74) is 0. The molecule has 0 radical (unpaired) electrons. The molecule has 2 saturated heterocycles. The molecule has 0 bridgehead atoms. The molecule has 0 spiro atoms. The van der Waals surface area contributed by atoms with Crippen molar-refractivity contribution in [2.24, 2.45) is 0 Å². The number of aromatic nitrogens is 2. The van der Waals surface area contributed by atoms with Crippen LogP contribution in [0.4, 0.5) is 5.95 Å². The highest BCUT2D eigenvalue weighted by Crippen LogP contribution is 2.32. The Labute approximate surface area is 105 Å². The summed E-state index contributed by atoms with van der Waals surface area (Å²) in [5, 5.41) is 13.8. The third-order valence-corrected chi connectivity index (χ3v) is 4.61. The molecule has 3 rings (SSSR count). The first kappa shape index (κ1) is 11.3. The van der Waals surface area contributed by atoms with Crippen molar-refractivity contribution < 1.29 is 9.63 Å². The van der Waals surface area contributed by atoms with Crippen LogP contribution >= 0.6 is 11.8 Å². The maximum atomic E-state index is 9.80. The smallest absolute Gasteiger partial charge is 0.266 e. The predicted molar refractivity (Wildman–Crippen MR) is 66.4 cm³/mol. The number of piperidine rings is 1. The van der Waals surface area contributed by atoms with Crippen LogP contribution < -0.4 is 4.90 Å². The van der Waals surface area contributed by atoms with Gasteiger partial charge < -0.3 is 14.5 Å². The summed E-state index contributed by atoms with van der Waals surface area (Å²) in [5.74, 6) is 2.97. The van der Waals surface area contributed by atoms with Crippen LogP contribution in [0.5, 0.6) is 0 Å². The molecular formula is C11H17N3O2S. The highest BCUT2D eigenvalue weighted by Gasteiger charge is 2.32. The van der Waals surface area contributed by atoms with E-state index in [1.807, 2.05) is 0 Å². The largest absolute Gasteiger partial charge is 0.391 e. The van der Waals surface area contributed by atoms with Crippen LogP contribution in [0.1, 0.15) is 31.1 Å². The van der Waals surface area contributed by atoms with E-state index >= 15 is 0 Å². The van der Waals surface area contributed by atoms with E-state index in [1.54, 1.807) is 11.8 Å². The Morgan fingerprint density at radius 1 is 1.24 bits per heavy atom. The van der Waals surface area contributed by atoms with E-state index in [0.29, 0.717) is 11.8 Å². The first-order chi connectivity index (χ1) is 8.34. The van der Waals surface area contributed by atoms with Crippen molar-refractivity contribution in [3.8, 4) is 0 Å². The average Bonchev–Trinajstić information content (AvgIpc) is 2.98. The van der Waals surface area contributed by atoms with Crippen LogP contribution in [0.15, 0.2) is 4.52 Å². The van der Waals surface area contributed by atoms with Gasteiger partial charge in [-0.3, -0.25) is 0 Å². The van der Waals surface area contributed by atoms with Gasteiger partial charge in [0, 0.05) is 24.6 Å². The number of aliphatic hydroxyl groups excluding tert-OH is 1. The van der Waals surface area contributed by atoms with Crippen molar-refractivity contribution in [3.63, 3.8) is 0 Å². The Bertz CT molecular complexity index is 379. The molecular weight excluding hydrogens is 238 g/mol. The van der Waals surface area contributed by atoms with Crippen LogP contribution in [0, 0.1) is 0 Å². The van der Waals surface area contributed by atoms with E-state index in [-0.39, 0.29) is 12.0 Å². The molecule has 0 aromatic carbocycles. The summed E-state index contributed by atoms with van der Waals surface area (Å²) in [7, 11) is 0. The van der Waals surface area contributed by atoms with Gasteiger partial charge in [0.1, 0.15) is 0 Å². The highest BCUT2D eigenvalue weighted by atomic mass is 32.2. The summed E-state index contributed by atoms with van der Waals surface area (Å²) in [6, 6.07) is 0. The Balaban J connectivity index is 1.73. The molecule has 2 unspecified atom stereocenters. The molecule has 0 saturated carbocycles. The quantitative estimate of drug-likeness (QED) is 0.858. The molecule has 94 valence electrons. The second-order valence-corrected chi connectivity index (χ2v) is 5.77. The molecule has 1 N–H and O–H groups in total. The van der Waals surface area contributed by atoms with Gasteiger partial charge in [-0.25, -0.2) is 0 Å². The first-order valence-electron chi connectivity index (χ1n) is 6.19. The molecule has 17 heavy (non-hydrogen) atoms. The van der Waals surface area contributed by atoms with Crippen LogP contribution in [-0.4, -0.2) is 45.9 Å². The lowest BCUT2D eigenvalue weighted by molar-refractivity contribution is 0.164. The summed E-state index contributed by atoms with van der Waals surface area (Å²) in [4.78, 5) is 6.61. The average molecular weight is 255 g/mol. The van der Waals surface area contributed by atoms with E-state index in [1.165, 1.54) is 19.3 Å². The van der Waals surface area contributed by atoms with Crippen molar-refractivity contribution in [3.05, 3.63) is 5.89 Å². The normalized spacial score (nSPS) is 29.8. The topological polar surface area (TPSA) is 62.4 Å². The van der Waals surface area contributed by atoms with E-state index in [9.17, 15) is 5.11 Å². The molecule has 2 fully saturated rings. The fourth-order valence-corrected chi connectivity index (χ4v) is 3.61. The number of hydrogen-bond donors (Lipinski definition) is 1. The molecule has 6 heteroatoms. The molecule has 1 aromatic rings. The predicted octanol–water partition coefficient (Wildman–Crippen LogP) is 1.25.